The lowest BCUT2D eigenvalue weighted by molar-refractivity contribution is -0.132. The average molecular weight is 258 g/mol. The topological polar surface area (TPSA) is 50.8 Å². The van der Waals surface area contributed by atoms with Gasteiger partial charge in [-0.2, -0.15) is 0 Å². The van der Waals surface area contributed by atoms with E-state index in [4.69, 9.17) is 9.47 Å². The molecule has 5 heteroatoms. The van der Waals surface area contributed by atoms with E-state index in [0.29, 0.717) is 19.1 Å². The van der Waals surface area contributed by atoms with Gasteiger partial charge in [-0.15, -0.1) is 0 Å². The third-order valence-corrected chi connectivity index (χ3v) is 3.41. The number of hydrogen-bond donors (Lipinski definition) is 1. The van der Waals surface area contributed by atoms with Crippen LogP contribution in [0.4, 0.5) is 0 Å². The lowest BCUT2D eigenvalue weighted by Gasteiger charge is -2.30. The first kappa shape index (κ1) is 15.4. The van der Waals surface area contributed by atoms with Gasteiger partial charge in [0.1, 0.15) is 0 Å². The van der Waals surface area contributed by atoms with Gasteiger partial charge in [0.15, 0.2) is 0 Å². The zero-order chi connectivity index (χ0) is 13.7. The Kier molecular flexibility index (Phi) is 6.05. The summed E-state index contributed by atoms with van der Waals surface area (Å²) in [6.07, 6.45) is 0.843. The van der Waals surface area contributed by atoms with Crippen LogP contribution in [0.3, 0.4) is 0 Å². The van der Waals surface area contributed by atoms with E-state index >= 15 is 0 Å². The number of amides is 1. The molecule has 0 radical (unpaired) electrons. The summed E-state index contributed by atoms with van der Waals surface area (Å²) in [5, 5.41) is 3.39. The Balaban J connectivity index is 2.72. The lowest BCUT2D eigenvalue weighted by atomic mass is 10.1. The van der Waals surface area contributed by atoms with Crippen LogP contribution in [0.1, 0.15) is 27.2 Å². The molecule has 1 aliphatic rings. The number of methoxy groups -OCH3 is 2. The van der Waals surface area contributed by atoms with Crippen molar-refractivity contribution < 1.29 is 14.3 Å². The first-order chi connectivity index (χ1) is 8.54. The van der Waals surface area contributed by atoms with Gasteiger partial charge in [0.05, 0.1) is 31.5 Å². The molecular weight excluding hydrogens is 232 g/mol. The highest BCUT2D eigenvalue weighted by molar-refractivity contribution is 5.84. The van der Waals surface area contributed by atoms with Crippen molar-refractivity contribution in [1.82, 2.24) is 10.2 Å². The van der Waals surface area contributed by atoms with Crippen LogP contribution in [0.5, 0.6) is 0 Å². The summed E-state index contributed by atoms with van der Waals surface area (Å²) in [4.78, 5) is 14.2. The van der Waals surface area contributed by atoms with Gasteiger partial charge in [0, 0.05) is 14.2 Å². The molecule has 0 aromatic rings. The van der Waals surface area contributed by atoms with E-state index in [2.05, 4.69) is 19.2 Å². The van der Waals surface area contributed by atoms with Crippen molar-refractivity contribution in [2.75, 3.05) is 27.4 Å². The van der Waals surface area contributed by atoms with Gasteiger partial charge in [-0.05, 0) is 12.3 Å². The summed E-state index contributed by atoms with van der Waals surface area (Å²) >= 11 is 0. The lowest BCUT2D eigenvalue weighted by Crippen LogP contribution is -2.46. The minimum Gasteiger partial charge on any atom is -0.382 e. The Morgan fingerprint density at radius 1 is 1.39 bits per heavy atom. The van der Waals surface area contributed by atoms with Crippen LogP contribution < -0.4 is 5.32 Å². The maximum Gasteiger partial charge on any atom is 0.241 e. The summed E-state index contributed by atoms with van der Waals surface area (Å²) in [5.74, 6) is 0.555. The average Bonchev–Trinajstić information content (AvgIpc) is 2.66. The van der Waals surface area contributed by atoms with Crippen molar-refractivity contribution in [2.24, 2.45) is 5.92 Å². The number of hydrogen-bond acceptors (Lipinski definition) is 4. The van der Waals surface area contributed by atoms with E-state index in [9.17, 15) is 4.79 Å². The fraction of sp³-hybridized carbons (Fsp3) is 0.923. The molecule has 3 unspecified atom stereocenters. The molecule has 0 aliphatic carbocycles. The van der Waals surface area contributed by atoms with Crippen LogP contribution in [0, 0.1) is 5.92 Å². The van der Waals surface area contributed by atoms with Gasteiger partial charge in [-0.1, -0.05) is 20.8 Å². The van der Waals surface area contributed by atoms with Crippen LogP contribution in [-0.4, -0.2) is 56.5 Å². The van der Waals surface area contributed by atoms with Gasteiger partial charge in [-0.3, -0.25) is 10.1 Å². The number of ether oxygens (including phenoxy) is 2. The second-order valence-corrected chi connectivity index (χ2v) is 5.12. The molecule has 1 aliphatic heterocycles. The Labute approximate surface area is 110 Å². The normalized spacial score (nSPS) is 26.1. The van der Waals surface area contributed by atoms with E-state index in [-0.39, 0.29) is 24.2 Å². The fourth-order valence-corrected chi connectivity index (χ4v) is 2.35. The summed E-state index contributed by atoms with van der Waals surface area (Å²) < 4.78 is 10.5. The van der Waals surface area contributed by atoms with E-state index in [0.717, 1.165) is 6.42 Å². The molecule has 5 nitrogen and oxygen atoms in total. The van der Waals surface area contributed by atoms with Crippen LogP contribution in [0.2, 0.25) is 0 Å². The molecular formula is C13H26N2O3. The molecule has 1 saturated heterocycles. The second kappa shape index (κ2) is 7.07. The molecule has 3 atom stereocenters. The number of carbonyl (C=O) groups excluding carboxylic acids is 1. The third-order valence-electron chi connectivity index (χ3n) is 3.41. The number of carbonyl (C=O) groups is 1. The molecule has 1 heterocycles. The van der Waals surface area contributed by atoms with Crippen LogP contribution >= 0.6 is 0 Å². The minimum atomic E-state index is -0.0717. The Bertz CT molecular complexity index is 271. The van der Waals surface area contributed by atoms with E-state index in [1.165, 1.54) is 0 Å². The third kappa shape index (κ3) is 3.43. The van der Waals surface area contributed by atoms with Gasteiger partial charge in [-0.25, -0.2) is 0 Å². The highest BCUT2D eigenvalue weighted by Gasteiger charge is 2.39. The smallest absolute Gasteiger partial charge is 0.241 e. The van der Waals surface area contributed by atoms with Crippen molar-refractivity contribution >= 4 is 5.91 Å². The maximum atomic E-state index is 12.3. The molecule has 0 aromatic heterocycles. The van der Waals surface area contributed by atoms with Gasteiger partial charge in [0.2, 0.25) is 5.91 Å². The van der Waals surface area contributed by atoms with Crippen molar-refractivity contribution in [2.45, 2.75) is 45.5 Å². The quantitative estimate of drug-likeness (QED) is 0.735. The Hall–Kier alpha value is -0.650. The molecule has 1 amide bonds. The largest absolute Gasteiger partial charge is 0.382 e. The molecule has 0 aromatic carbocycles. The maximum absolute atomic E-state index is 12.3. The molecule has 0 saturated carbocycles. The molecule has 1 rings (SSSR count). The SMILES string of the molecule is CCC1NC(C(C)C)N(CC(COC)OC)C1=O. The summed E-state index contributed by atoms with van der Waals surface area (Å²) in [7, 11) is 3.30. The van der Waals surface area contributed by atoms with Crippen LogP contribution in [0.25, 0.3) is 0 Å². The standard InChI is InChI=1S/C13H26N2O3/c1-6-11-13(16)15(12(14-11)9(2)3)7-10(18-5)8-17-4/h9-12,14H,6-8H2,1-5H3. The predicted octanol–water partition coefficient (Wildman–Crippen LogP) is 0.840. The number of nitrogens with one attached hydrogen (secondary N) is 1. The van der Waals surface area contributed by atoms with Crippen molar-refractivity contribution in [3.8, 4) is 0 Å². The van der Waals surface area contributed by atoms with Crippen LogP contribution in [-0.2, 0) is 14.3 Å². The van der Waals surface area contributed by atoms with Gasteiger partial charge in [0.25, 0.3) is 0 Å². The van der Waals surface area contributed by atoms with Crippen LogP contribution in [0.15, 0.2) is 0 Å². The summed E-state index contributed by atoms with van der Waals surface area (Å²) in [6, 6.07) is -0.0579. The first-order valence-electron chi connectivity index (χ1n) is 6.63. The Morgan fingerprint density at radius 3 is 2.50 bits per heavy atom. The molecule has 106 valence electrons. The highest BCUT2D eigenvalue weighted by atomic mass is 16.5. The fourth-order valence-electron chi connectivity index (χ4n) is 2.35. The summed E-state index contributed by atoms with van der Waals surface area (Å²) in [5.41, 5.74) is 0. The number of nitrogens with zero attached hydrogens (tertiary/aromatic N) is 1. The van der Waals surface area contributed by atoms with E-state index in [1.54, 1.807) is 14.2 Å². The van der Waals surface area contributed by atoms with E-state index in [1.807, 2.05) is 11.8 Å². The Morgan fingerprint density at radius 2 is 2.06 bits per heavy atom. The van der Waals surface area contributed by atoms with Gasteiger partial charge >= 0.3 is 0 Å². The molecule has 1 fully saturated rings. The zero-order valence-electron chi connectivity index (χ0n) is 12.1. The molecule has 0 bridgehead atoms. The van der Waals surface area contributed by atoms with Crippen molar-refractivity contribution in [3.05, 3.63) is 0 Å². The zero-order valence-corrected chi connectivity index (χ0v) is 12.1. The first-order valence-corrected chi connectivity index (χ1v) is 6.63. The highest BCUT2D eigenvalue weighted by Crippen LogP contribution is 2.19. The molecule has 0 spiro atoms. The summed E-state index contributed by atoms with van der Waals surface area (Å²) in [6.45, 7) is 7.35. The molecule has 1 N–H and O–H groups in total. The minimum absolute atomic E-state index is 0.0579. The second-order valence-electron chi connectivity index (χ2n) is 5.12. The van der Waals surface area contributed by atoms with Crippen molar-refractivity contribution in [1.29, 1.82) is 0 Å². The predicted molar refractivity (Wildman–Crippen MR) is 70.2 cm³/mol. The monoisotopic (exact) mass is 258 g/mol. The number of rotatable bonds is 7. The molecule has 18 heavy (non-hydrogen) atoms. The van der Waals surface area contributed by atoms with E-state index < -0.39 is 0 Å². The van der Waals surface area contributed by atoms with Gasteiger partial charge < -0.3 is 14.4 Å². The van der Waals surface area contributed by atoms with Crippen molar-refractivity contribution in [3.63, 3.8) is 0 Å².